The van der Waals surface area contributed by atoms with Gasteiger partial charge < -0.3 is 19.3 Å². The third kappa shape index (κ3) is 8.06. The molecule has 4 rings (SSSR count). The summed E-state index contributed by atoms with van der Waals surface area (Å²) in [5.41, 5.74) is 5.86. The molecule has 1 aliphatic heterocycles. The van der Waals surface area contributed by atoms with Gasteiger partial charge in [0.05, 0.1) is 24.4 Å². The van der Waals surface area contributed by atoms with Gasteiger partial charge in [-0.2, -0.15) is 0 Å². The Labute approximate surface area is 240 Å². The average Bonchev–Trinajstić information content (AvgIpc) is 3.45. The fourth-order valence-corrected chi connectivity index (χ4v) is 5.66. The molecule has 218 valence electrons. The molecule has 11 heteroatoms. The minimum Gasteiger partial charge on any atom is -0.497 e. The first kappa shape index (κ1) is 30.0. The second-order valence-electron chi connectivity index (χ2n) is 9.55. The molecule has 3 N–H and O–H groups in total. The molecule has 0 radical (unpaired) electrons. The van der Waals surface area contributed by atoms with Crippen molar-refractivity contribution in [3.8, 4) is 11.5 Å². The molecule has 0 spiro atoms. The molecule has 1 aliphatic rings. The highest BCUT2D eigenvalue weighted by molar-refractivity contribution is 7.91. The van der Waals surface area contributed by atoms with E-state index in [2.05, 4.69) is 15.8 Å². The number of nitrogens with zero attached hydrogens (tertiary/aromatic N) is 1. The summed E-state index contributed by atoms with van der Waals surface area (Å²) in [6, 6.07) is 22.8. The molecule has 10 nitrogen and oxygen atoms in total. The molecule has 0 saturated carbocycles. The number of carbonyl (C=O) groups excluding carboxylic acids is 1. The summed E-state index contributed by atoms with van der Waals surface area (Å²) >= 11 is 0. The number of nitrogens with one attached hydrogen (secondary N) is 2. The van der Waals surface area contributed by atoms with Crippen molar-refractivity contribution in [3.05, 3.63) is 90.0 Å². The van der Waals surface area contributed by atoms with E-state index in [9.17, 15) is 13.2 Å². The van der Waals surface area contributed by atoms with Crippen LogP contribution in [0.4, 0.5) is 0 Å². The fraction of sp³-hybridized carbons (Fsp3) is 0.333. The van der Waals surface area contributed by atoms with Crippen molar-refractivity contribution in [1.82, 2.24) is 10.9 Å². The number of sulfone groups is 1. The van der Waals surface area contributed by atoms with Gasteiger partial charge in [0.1, 0.15) is 18.1 Å². The molecular weight excluding hydrogens is 546 g/mol. The number of aliphatic hydroxyl groups excluding tert-OH is 1. The van der Waals surface area contributed by atoms with E-state index < -0.39 is 21.3 Å². The lowest BCUT2D eigenvalue weighted by molar-refractivity contribution is -0.127. The van der Waals surface area contributed by atoms with Crippen LogP contribution in [0.2, 0.25) is 0 Å². The number of methoxy groups -OCH3 is 1. The first-order valence-corrected chi connectivity index (χ1v) is 15.0. The molecule has 3 aromatic rings. The number of amides is 1. The van der Waals surface area contributed by atoms with Gasteiger partial charge in [-0.3, -0.25) is 10.2 Å². The third-order valence-electron chi connectivity index (χ3n) is 6.62. The van der Waals surface area contributed by atoms with Crippen LogP contribution in [0.15, 0.2) is 88.8 Å². The molecule has 3 aromatic carbocycles. The number of benzene rings is 3. The Balaban J connectivity index is 1.47. The molecule has 41 heavy (non-hydrogen) atoms. The predicted octanol–water partition coefficient (Wildman–Crippen LogP) is 2.70. The lowest BCUT2D eigenvalue weighted by atomic mass is 9.98. The van der Waals surface area contributed by atoms with Crippen LogP contribution in [0.25, 0.3) is 0 Å². The number of hydrogen-bond donors (Lipinski definition) is 3. The highest BCUT2D eigenvalue weighted by Crippen LogP contribution is 2.28. The van der Waals surface area contributed by atoms with Crippen molar-refractivity contribution in [1.29, 1.82) is 0 Å². The zero-order valence-electron chi connectivity index (χ0n) is 22.9. The Hall–Kier alpha value is -3.93. The Morgan fingerprint density at radius 2 is 1.83 bits per heavy atom. The summed E-state index contributed by atoms with van der Waals surface area (Å²) in [5.74, 6) is 0.853. The number of rotatable bonds is 15. The van der Waals surface area contributed by atoms with Gasteiger partial charge in [-0.05, 0) is 66.9 Å². The Kier molecular flexibility index (Phi) is 10.3. The summed E-state index contributed by atoms with van der Waals surface area (Å²) in [6.45, 7) is 0.761. The van der Waals surface area contributed by atoms with Gasteiger partial charge in [0.25, 0.3) is 5.91 Å². The number of hydrazine groups is 1. The zero-order valence-corrected chi connectivity index (χ0v) is 23.7. The van der Waals surface area contributed by atoms with E-state index in [4.69, 9.17) is 19.3 Å². The fourth-order valence-electron chi connectivity index (χ4n) is 4.24. The molecule has 0 aromatic heterocycles. The van der Waals surface area contributed by atoms with Crippen molar-refractivity contribution in [2.75, 3.05) is 39.2 Å². The number of carbonyl (C=O) groups is 1. The van der Waals surface area contributed by atoms with E-state index in [0.29, 0.717) is 37.3 Å². The minimum atomic E-state index is -3.66. The van der Waals surface area contributed by atoms with E-state index in [1.54, 1.807) is 49.6 Å². The van der Waals surface area contributed by atoms with E-state index in [1.807, 2.05) is 24.3 Å². The SMILES string of the molecule is COc1cccc(CCNNC(=O)[C@]2(CCS(=O)(=O)c3ccccc3)COC(c3ccc(OCCCO)cc3)=N2)c1. The maximum absolute atomic E-state index is 13.5. The molecule has 0 fully saturated rings. The summed E-state index contributed by atoms with van der Waals surface area (Å²) in [5, 5.41) is 8.93. The Bertz CT molecular complexity index is 1430. The zero-order chi connectivity index (χ0) is 29.1. The van der Waals surface area contributed by atoms with Crippen LogP contribution in [0, 0.1) is 0 Å². The highest BCUT2D eigenvalue weighted by Gasteiger charge is 2.45. The first-order chi connectivity index (χ1) is 19.8. The van der Waals surface area contributed by atoms with E-state index in [-0.39, 0.29) is 36.2 Å². The summed E-state index contributed by atoms with van der Waals surface area (Å²) in [4.78, 5) is 18.3. The molecule has 1 atom stereocenters. The average molecular weight is 582 g/mol. The summed E-state index contributed by atoms with van der Waals surface area (Å²) in [6.07, 6.45) is 1.08. The van der Waals surface area contributed by atoms with Gasteiger partial charge in [-0.25, -0.2) is 18.8 Å². The third-order valence-corrected chi connectivity index (χ3v) is 8.35. The van der Waals surface area contributed by atoms with Crippen molar-refractivity contribution in [2.45, 2.75) is 29.7 Å². The largest absolute Gasteiger partial charge is 0.497 e. The van der Waals surface area contributed by atoms with Crippen LogP contribution < -0.4 is 20.3 Å². The van der Waals surface area contributed by atoms with Crippen molar-refractivity contribution in [3.63, 3.8) is 0 Å². The molecule has 0 saturated heterocycles. The topological polar surface area (TPSA) is 136 Å². The normalized spacial score (nSPS) is 16.5. The molecule has 0 aliphatic carbocycles. The van der Waals surface area contributed by atoms with Gasteiger partial charge in [0.2, 0.25) is 5.90 Å². The van der Waals surface area contributed by atoms with Crippen LogP contribution in [-0.2, 0) is 25.8 Å². The molecule has 1 heterocycles. The number of hydrogen-bond acceptors (Lipinski definition) is 9. The van der Waals surface area contributed by atoms with Gasteiger partial charge in [-0.15, -0.1) is 0 Å². The second kappa shape index (κ2) is 14.1. The Morgan fingerprint density at radius 3 is 2.56 bits per heavy atom. The van der Waals surface area contributed by atoms with E-state index >= 15 is 0 Å². The maximum Gasteiger partial charge on any atom is 0.265 e. The van der Waals surface area contributed by atoms with Crippen LogP contribution in [-0.4, -0.2) is 70.1 Å². The first-order valence-electron chi connectivity index (χ1n) is 13.4. The van der Waals surface area contributed by atoms with Crippen molar-refractivity contribution in [2.24, 2.45) is 4.99 Å². The molecule has 1 amide bonds. The maximum atomic E-state index is 13.5. The lowest BCUT2D eigenvalue weighted by Crippen LogP contribution is -2.52. The minimum absolute atomic E-state index is 0.0444. The summed E-state index contributed by atoms with van der Waals surface area (Å²) < 4.78 is 42.8. The van der Waals surface area contributed by atoms with Gasteiger partial charge >= 0.3 is 0 Å². The molecule has 0 unspecified atom stereocenters. The van der Waals surface area contributed by atoms with Crippen molar-refractivity contribution >= 4 is 21.6 Å². The smallest absolute Gasteiger partial charge is 0.265 e. The molecule has 0 bridgehead atoms. The van der Waals surface area contributed by atoms with Gasteiger partial charge in [0, 0.05) is 25.1 Å². The van der Waals surface area contributed by atoms with Crippen LogP contribution in [0.5, 0.6) is 11.5 Å². The Morgan fingerprint density at radius 1 is 1.05 bits per heavy atom. The van der Waals surface area contributed by atoms with Gasteiger partial charge in [0.15, 0.2) is 15.4 Å². The van der Waals surface area contributed by atoms with Crippen LogP contribution in [0.1, 0.15) is 24.0 Å². The standard InChI is InChI=1S/C30H35N3O7S/c1-38-26-8-5-7-23(21-26)15-17-31-33-29(35)30(16-20-41(36,37)27-9-3-2-4-10-27)22-40-28(32-30)24-11-13-25(14-12-24)39-19-6-18-34/h2-5,7-14,21,31,34H,6,15-20,22H2,1H3,(H,33,35)/t30-/m0/s1. The number of aliphatic imine (C=N–C) groups is 1. The second-order valence-corrected chi connectivity index (χ2v) is 11.7. The van der Waals surface area contributed by atoms with Gasteiger partial charge in [-0.1, -0.05) is 30.3 Å². The van der Waals surface area contributed by atoms with E-state index in [1.165, 1.54) is 12.1 Å². The lowest BCUT2D eigenvalue weighted by Gasteiger charge is -2.23. The highest BCUT2D eigenvalue weighted by atomic mass is 32.2. The predicted molar refractivity (Wildman–Crippen MR) is 155 cm³/mol. The molecular formula is C30H35N3O7S. The number of aliphatic hydroxyl groups is 1. The summed E-state index contributed by atoms with van der Waals surface area (Å²) in [7, 11) is -2.05. The monoisotopic (exact) mass is 581 g/mol. The van der Waals surface area contributed by atoms with Crippen molar-refractivity contribution < 1.29 is 32.5 Å². The number of ether oxygens (including phenoxy) is 3. The van der Waals surface area contributed by atoms with Crippen LogP contribution >= 0.6 is 0 Å². The quantitative estimate of drug-likeness (QED) is 0.184. The van der Waals surface area contributed by atoms with Crippen LogP contribution in [0.3, 0.4) is 0 Å². The van der Waals surface area contributed by atoms with E-state index in [0.717, 1.165) is 11.3 Å².